The molecule has 1 unspecified atom stereocenters. The number of carbonyl (C=O) groups excluding carboxylic acids is 2. The number of aliphatic carboxylic acids is 1. The van der Waals surface area contributed by atoms with Gasteiger partial charge in [-0.1, -0.05) is 25.3 Å². The molecular weight excluding hydrogens is 376 g/mol. The van der Waals surface area contributed by atoms with Crippen molar-refractivity contribution in [2.45, 2.75) is 57.2 Å². The maximum absolute atomic E-state index is 12.6. The Morgan fingerprint density at radius 3 is 2.83 bits per heavy atom. The summed E-state index contributed by atoms with van der Waals surface area (Å²) in [5.74, 6) is -0.740. The molecule has 1 aromatic carbocycles. The van der Waals surface area contributed by atoms with Gasteiger partial charge < -0.3 is 20.1 Å². The molecule has 1 saturated heterocycles. The lowest BCUT2D eigenvalue weighted by atomic mass is 9.95. The van der Waals surface area contributed by atoms with E-state index in [0.717, 1.165) is 37.7 Å². The topological polar surface area (TPSA) is 120 Å². The first kappa shape index (κ1) is 19.2. The van der Waals surface area contributed by atoms with E-state index in [0.29, 0.717) is 23.9 Å². The van der Waals surface area contributed by atoms with Gasteiger partial charge in [0.05, 0.1) is 12.1 Å². The normalized spacial score (nSPS) is 19.5. The van der Waals surface area contributed by atoms with Crippen LogP contribution in [0.15, 0.2) is 23.2 Å². The molecule has 9 nitrogen and oxygen atoms in total. The number of carboxylic acid groups (broad SMARTS) is 1. The van der Waals surface area contributed by atoms with E-state index < -0.39 is 24.4 Å². The first-order valence-corrected chi connectivity index (χ1v) is 9.93. The number of carbonyl (C=O) groups is 3. The van der Waals surface area contributed by atoms with Gasteiger partial charge in [0.25, 0.3) is 5.91 Å². The van der Waals surface area contributed by atoms with Gasteiger partial charge in [-0.3, -0.25) is 19.7 Å². The zero-order chi connectivity index (χ0) is 20.4. The van der Waals surface area contributed by atoms with Crippen molar-refractivity contribution >= 4 is 29.4 Å². The van der Waals surface area contributed by atoms with Crippen LogP contribution in [-0.4, -0.2) is 52.4 Å². The molecule has 0 bridgehead atoms. The van der Waals surface area contributed by atoms with E-state index in [9.17, 15) is 19.5 Å². The van der Waals surface area contributed by atoms with Crippen molar-refractivity contribution < 1.29 is 24.2 Å². The Kier molecular flexibility index (Phi) is 5.37. The van der Waals surface area contributed by atoms with Gasteiger partial charge >= 0.3 is 5.97 Å². The number of nitrogens with zero attached hydrogens (tertiary/aromatic N) is 2. The predicted molar refractivity (Wildman–Crippen MR) is 104 cm³/mol. The molecule has 9 heteroatoms. The maximum atomic E-state index is 12.6. The first-order chi connectivity index (χ1) is 14.0. The Morgan fingerprint density at radius 1 is 1.28 bits per heavy atom. The fraction of sp³-hybridized carbons (Fsp3) is 0.500. The molecule has 0 aromatic heterocycles. The molecule has 2 aliphatic heterocycles. The second-order valence-electron chi connectivity index (χ2n) is 7.68. The predicted octanol–water partition coefficient (Wildman–Crippen LogP) is 1.29. The summed E-state index contributed by atoms with van der Waals surface area (Å²) >= 11 is 0. The molecule has 154 valence electrons. The van der Waals surface area contributed by atoms with Crippen LogP contribution in [0.2, 0.25) is 0 Å². The molecule has 2 heterocycles. The van der Waals surface area contributed by atoms with Gasteiger partial charge in [0.1, 0.15) is 12.3 Å². The van der Waals surface area contributed by atoms with E-state index >= 15 is 0 Å². The van der Waals surface area contributed by atoms with Crippen LogP contribution in [0.3, 0.4) is 0 Å². The van der Waals surface area contributed by atoms with Crippen LogP contribution in [0.25, 0.3) is 0 Å². The Labute approximate surface area is 168 Å². The van der Waals surface area contributed by atoms with Crippen LogP contribution in [-0.2, 0) is 20.9 Å². The van der Waals surface area contributed by atoms with Gasteiger partial charge in [-0.25, -0.2) is 4.99 Å². The molecule has 1 aliphatic carbocycles. The Hall–Kier alpha value is -3.10. The number of benzene rings is 1. The van der Waals surface area contributed by atoms with Gasteiger partial charge in [0, 0.05) is 18.7 Å². The average molecular weight is 400 g/mol. The zero-order valence-electron chi connectivity index (χ0n) is 16.0. The monoisotopic (exact) mass is 400 g/mol. The van der Waals surface area contributed by atoms with E-state index in [-0.39, 0.29) is 18.5 Å². The van der Waals surface area contributed by atoms with E-state index in [4.69, 9.17) is 4.74 Å². The summed E-state index contributed by atoms with van der Waals surface area (Å²) in [7, 11) is 0. The fourth-order valence-corrected chi connectivity index (χ4v) is 3.95. The number of guanidine groups is 1. The smallest absolute Gasteiger partial charge is 0.307 e. The third kappa shape index (κ3) is 4.49. The molecule has 1 saturated carbocycles. The number of carboxylic acids is 1. The number of fused-ring (bicyclic) bond motifs is 2. The molecular formula is C20H24N4O5. The number of ether oxygens (including phenoxy) is 1. The second-order valence-corrected chi connectivity index (χ2v) is 7.68. The standard InChI is InChI=1S/C20H24N4O5/c25-17-11-24-10-12-6-7-14(8-15(12)22-20(24)23-17)29-16(9-18(26)27)19(28)21-13-4-2-1-3-5-13/h6-8,13,16H,1-5,9-11H2,(H,21,28)(H,26,27)(H,22,23,25). The molecule has 2 fully saturated rings. The number of amides is 2. The number of hydrogen-bond acceptors (Lipinski definition) is 6. The van der Waals surface area contributed by atoms with Crippen LogP contribution in [0.1, 0.15) is 44.1 Å². The second kappa shape index (κ2) is 8.10. The highest BCUT2D eigenvalue weighted by molar-refractivity contribution is 6.05. The lowest BCUT2D eigenvalue weighted by molar-refractivity contribution is -0.143. The molecule has 29 heavy (non-hydrogen) atoms. The van der Waals surface area contributed by atoms with Gasteiger partial charge in [0.15, 0.2) is 6.10 Å². The molecule has 0 radical (unpaired) electrons. The quantitative estimate of drug-likeness (QED) is 0.662. The summed E-state index contributed by atoms with van der Waals surface area (Å²) < 4.78 is 5.76. The Morgan fingerprint density at radius 2 is 2.07 bits per heavy atom. The minimum atomic E-state index is -1.12. The van der Waals surface area contributed by atoms with Crippen molar-refractivity contribution in [2.75, 3.05) is 6.54 Å². The van der Waals surface area contributed by atoms with E-state index in [1.54, 1.807) is 12.1 Å². The largest absolute Gasteiger partial charge is 0.481 e. The number of rotatable bonds is 6. The Balaban J connectivity index is 1.48. The molecule has 2 amide bonds. The summed E-state index contributed by atoms with van der Waals surface area (Å²) in [6.07, 6.45) is 3.56. The number of hydrogen-bond donors (Lipinski definition) is 3. The van der Waals surface area contributed by atoms with Crippen LogP contribution < -0.4 is 15.4 Å². The van der Waals surface area contributed by atoms with Crippen LogP contribution >= 0.6 is 0 Å². The van der Waals surface area contributed by atoms with Gasteiger partial charge in [-0.2, -0.15) is 0 Å². The minimum Gasteiger partial charge on any atom is -0.481 e. The highest BCUT2D eigenvalue weighted by Crippen LogP contribution is 2.31. The highest BCUT2D eigenvalue weighted by atomic mass is 16.5. The lowest BCUT2D eigenvalue weighted by Gasteiger charge is -2.26. The van der Waals surface area contributed by atoms with Crippen molar-refractivity contribution in [1.82, 2.24) is 15.5 Å². The third-order valence-corrected chi connectivity index (χ3v) is 5.41. The van der Waals surface area contributed by atoms with Crippen molar-refractivity contribution in [3.63, 3.8) is 0 Å². The van der Waals surface area contributed by atoms with Crippen LogP contribution in [0, 0.1) is 0 Å². The van der Waals surface area contributed by atoms with Crippen LogP contribution in [0.4, 0.5) is 5.69 Å². The van der Waals surface area contributed by atoms with Crippen molar-refractivity contribution in [3.05, 3.63) is 23.8 Å². The molecule has 1 aromatic rings. The SMILES string of the molecule is O=C(O)CC(Oc1ccc2c(c1)N=C1NC(=O)CN1C2)C(=O)NC1CCCCC1. The number of nitrogens with one attached hydrogen (secondary N) is 2. The average Bonchev–Trinajstić information content (AvgIpc) is 3.04. The summed E-state index contributed by atoms with van der Waals surface area (Å²) in [6, 6.07) is 5.27. The van der Waals surface area contributed by atoms with Crippen molar-refractivity contribution in [2.24, 2.45) is 4.99 Å². The zero-order valence-corrected chi connectivity index (χ0v) is 16.0. The molecule has 3 aliphatic rings. The van der Waals surface area contributed by atoms with Crippen molar-refractivity contribution in [1.29, 1.82) is 0 Å². The molecule has 0 spiro atoms. The molecule has 3 N–H and O–H groups in total. The third-order valence-electron chi connectivity index (χ3n) is 5.41. The van der Waals surface area contributed by atoms with E-state index in [1.807, 2.05) is 11.0 Å². The van der Waals surface area contributed by atoms with Crippen LogP contribution in [0.5, 0.6) is 5.75 Å². The summed E-state index contributed by atoms with van der Waals surface area (Å²) in [6.45, 7) is 0.826. The molecule has 1 atom stereocenters. The van der Waals surface area contributed by atoms with Crippen molar-refractivity contribution in [3.8, 4) is 5.75 Å². The summed E-state index contributed by atoms with van der Waals surface area (Å²) in [4.78, 5) is 41.7. The minimum absolute atomic E-state index is 0.0723. The lowest BCUT2D eigenvalue weighted by Crippen LogP contribution is -2.45. The first-order valence-electron chi connectivity index (χ1n) is 9.93. The van der Waals surface area contributed by atoms with Gasteiger partial charge in [-0.05, 0) is 24.5 Å². The van der Waals surface area contributed by atoms with E-state index in [2.05, 4.69) is 15.6 Å². The summed E-state index contributed by atoms with van der Waals surface area (Å²) in [5.41, 5.74) is 1.57. The highest BCUT2D eigenvalue weighted by Gasteiger charge is 2.30. The van der Waals surface area contributed by atoms with Gasteiger partial charge in [0.2, 0.25) is 11.9 Å². The maximum Gasteiger partial charge on any atom is 0.307 e. The summed E-state index contributed by atoms with van der Waals surface area (Å²) in [5, 5.41) is 14.8. The van der Waals surface area contributed by atoms with E-state index in [1.165, 1.54) is 0 Å². The molecule has 4 rings (SSSR count). The van der Waals surface area contributed by atoms with Gasteiger partial charge in [-0.15, -0.1) is 0 Å². The fourth-order valence-electron chi connectivity index (χ4n) is 3.95. The number of aliphatic imine (C=N–C) groups is 1. The Bertz CT molecular complexity index is 862.